The SMILES string of the molecule is COc1cc(Br)ccc1C(=O)Nc1ccc(Cl)nc1. The van der Waals surface area contributed by atoms with Gasteiger partial charge in [-0.15, -0.1) is 0 Å². The Kier molecular flexibility index (Phi) is 4.39. The molecule has 1 aromatic heterocycles. The number of rotatable bonds is 3. The first-order valence-electron chi connectivity index (χ1n) is 5.36. The van der Waals surface area contributed by atoms with E-state index in [4.69, 9.17) is 16.3 Å². The Labute approximate surface area is 123 Å². The molecule has 0 atom stereocenters. The molecular formula is C13H10BrClN2O2. The highest BCUT2D eigenvalue weighted by molar-refractivity contribution is 9.10. The summed E-state index contributed by atoms with van der Waals surface area (Å²) in [4.78, 5) is 16.0. The summed E-state index contributed by atoms with van der Waals surface area (Å²) in [6, 6.07) is 8.47. The molecule has 1 aromatic carbocycles. The van der Waals surface area contributed by atoms with Crippen molar-refractivity contribution >= 4 is 39.1 Å². The highest BCUT2D eigenvalue weighted by Crippen LogP contribution is 2.24. The van der Waals surface area contributed by atoms with Crippen LogP contribution in [0, 0.1) is 0 Å². The van der Waals surface area contributed by atoms with Crippen LogP contribution >= 0.6 is 27.5 Å². The van der Waals surface area contributed by atoms with Gasteiger partial charge >= 0.3 is 0 Å². The zero-order valence-electron chi connectivity index (χ0n) is 9.98. The maximum atomic E-state index is 12.1. The van der Waals surface area contributed by atoms with Crippen LogP contribution in [-0.2, 0) is 0 Å². The van der Waals surface area contributed by atoms with E-state index in [0.29, 0.717) is 22.2 Å². The van der Waals surface area contributed by atoms with Crippen molar-refractivity contribution in [1.82, 2.24) is 4.98 Å². The first kappa shape index (κ1) is 13.8. The van der Waals surface area contributed by atoms with E-state index in [1.54, 1.807) is 30.3 Å². The van der Waals surface area contributed by atoms with Crippen molar-refractivity contribution in [3.8, 4) is 5.75 Å². The van der Waals surface area contributed by atoms with Gasteiger partial charge in [0, 0.05) is 4.47 Å². The minimum atomic E-state index is -0.270. The topological polar surface area (TPSA) is 51.2 Å². The van der Waals surface area contributed by atoms with Crippen LogP contribution in [0.2, 0.25) is 5.15 Å². The number of carbonyl (C=O) groups is 1. The number of amides is 1. The predicted molar refractivity (Wildman–Crippen MR) is 77.9 cm³/mol. The van der Waals surface area contributed by atoms with Crippen LogP contribution in [0.25, 0.3) is 0 Å². The van der Waals surface area contributed by atoms with Crippen LogP contribution in [0.3, 0.4) is 0 Å². The molecule has 1 N–H and O–H groups in total. The summed E-state index contributed by atoms with van der Waals surface area (Å²) in [5.41, 5.74) is 1.01. The van der Waals surface area contributed by atoms with Gasteiger partial charge in [-0.05, 0) is 30.3 Å². The molecule has 0 saturated heterocycles. The highest BCUT2D eigenvalue weighted by atomic mass is 79.9. The second-order valence-electron chi connectivity index (χ2n) is 3.67. The van der Waals surface area contributed by atoms with Gasteiger partial charge in [-0.25, -0.2) is 4.98 Å². The van der Waals surface area contributed by atoms with Crippen LogP contribution in [0.1, 0.15) is 10.4 Å². The number of methoxy groups -OCH3 is 1. The zero-order chi connectivity index (χ0) is 13.8. The molecule has 0 fully saturated rings. The summed E-state index contributed by atoms with van der Waals surface area (Å²) in [6.45, 7) is 0. The highest BCUT2D eigenvalue weighted by Gasteiger charge is 2.12. The van der Waals surface area contributed by atoms with Crippen LogP contribution < -0.4 is 10.1 Å². The largest absolute Gasteiger partial charge is 0.496 e. The third-order valence-electron chi connectivity index (χ3n) is 2.39. The molecular weight excluding hydrogens is 332 g/mol. The molecule has 1 heterocycles. The summed E-state index contributed by atoms with van der Waals surface area (Å²) in [6.07, 6.45) is 1.49. The predicted octanol–water partition coefficient (Wildman–Crippen LogP) is 3.76. The number of carbonyl (C=O) groups excluding carboxylic acids is 1. The van der Waals surface area contributed by atoms with Gasteiger partial charge in [0.25, 0.3) is 5.91 Å². The second-order valence-corrected chi connectivity index (χ2v) is 4.97. The molecule has 0 saturated carbocycles. The molecule has 98 valence electrons. The fourth-order valence-electron chi connectivity index (χ4n) is 1.50. The van der Waals surface area contributed by atoms with Crippen molar-refractivity contribution in [3.05, 3.63) is 51.7 Å². The summed E-state index contributed by atoms with van der Waals surface area (Å²) in [5, 5.41) is 3.10. The van der Waals surface area contributed by atoms with Crippen LogP contribution in [0.4, 0.5) is 5.69 Å². The van der Waals surface area contributed by atoms with Crippen molar-refractivity contribution in [2.45, 2.75) is 0 Å². The molecule has 0 bridgehead atoms. The number of hydrogen-bond donors (Lipinski definition) is 1. The average molecular weight is 342 g/mol. The number of benzene rings is 1. The number of aromatic nitrogens is 1. The number of nitrogens with zero attached hydrogens (tertiary/aromatic N) is 1. The number of nitrogens with one attached hydrogen (secondary N) is 1. The van der Waals surface area contributed by atoms with Gasteiger partial charge in [-0.2, -0.15) is 0 Å². The summed E-state index contributed by atoms with van der Waals surface area (Å²) in [7, 11) is 1.52. The smallest absolute Gasteiger partial charge is 0.259 e. The molecule has 6 heteroatoms. The Morgan fingerprint density at radius 3 is 2.79 bits per heavy atom. The van der Waals surface area contributed by atoms with Crippen molar-refractivity contribution in [3.63, 3.8) is 0 Å². The maximum Gasteiger partial charge on any atom is 0.259 e. The second kappa shape index (κ2) is 6.04. The third-order valence-corrected chi connectivity index (χ3v) is 3.11. The van der Waals surface area contributed by atoms with Gasteiger partial charge in [-0.3, -0.25) is 4.79 Å². The minimum absolute atomic E-state index is 0.270. The number of pyridine rings is 1. The zero-order valence-corrected chi connectivity index (χ0v) is 12.3. The molecule has 0 aliphatic heterocycles. The van der Waals surface area contributed by atoms with E-state index in [2.05, 4.69) is 26.2 Å². The van der Waals surface area contributed by atoms with E-state index in [1.807, 2.05) is 0 Å². The summed E-state index contributed by atoms with van der Waals surface area (Å²) < 4.78 is 6.02. The molecule has 0 radical (unpaired) electrons. The number of ether oxygens (including phenoxy) is 1. The number of hydrogen-bond acceptors (Lipinski definition) is 3. The van der Waals surface area contributed by atoms with E-state index in [1.165, 1.54) is 13.3 Å². The Hall–Kier alpha value is -1.59. The van der Waals surface area contributed by atoms with E-state index in [-0.39, 0.29) is 5.91 Å². The lowest BCUT2D eigenvalue weighted by Gasteiger charge is -2.09. The lowest BCUT2D eigenvalue weighted by molar-refractivity contribution is 0.102. The molecule has 2 aromatic rings. The molecule has 19 heavy (non-hydrogen) atoms. The first-order valence-corrected chi connectivity index (χ1v) is 6.53. The lowest BCUT2D eigenvalue weighted by Crippen LogP contribution is -2.13. The maximum absolute atomic E-state index is 12.1. The van der Waals surface area contributed by atoms with Gasteiger partial charge in [0.1, 0.15) is 10.9 Å². The molecule has 0 unspecified atom stereocenters. The fraction of sp³-hybridized carbons (Fsp3) is 0.0769. The van der Waals surface area contributed by atoms with Gasteiger partial charge in [-0.1, -0.05) is 27.5 Å². The van der Waals surface area contributed by atoms with E-state index in [0.717, 1.165) is 4.47 Å². The molecule has 1 amide bonds. The Morgan fingerprint density at radius 2 is 2.16 bits per heavy atom. The van der Waals surface area contributed by atoms with Crippen molar-refractivity contribution < 1.29 is 9.53 Å². The molecule has 0 aliphatic carbocycles. The van der Waals surface area contributed by atoms with E-state index < -0.39 is 0 Å². The minimum Gasteiger partial charge on any atom is -0.496 e. The van der Waals surface area contributed by atoms with Gasteiger partial charge < -0.3 is 10.1 Å². The van der Waals surface area contributed by atoms with Crippen LogP contribution in [-0.4, -0.2) is 18.0 Å². The van der Waals surface area contributed by atoms with Crippen molar-refractivity contribution in [1.29, 1.82) is 0 Å². The van der Waals surface area contributed by atoms with Crippen LogP contribution in [0.15, 0.2) is 41.0 Å². The van der Waals surface area contributed by atoms with Crippen molar-refractivity contribution in [2.75, 3.05) is 12.4 Å². The molecule has 0 spiro atoms. The Morgan fingerprint density at radius 1 is 1.37 bits per heavy atom. The fourth-order valence-corrected chi connectivity index (χ4v) is 1.95. The standard InChI is InChI=1S/C13H10BrClN2O2/c1-19-11-6-8(14)2-4-10(11)13(18)17-9-3-5-12(15)16-7-9/h2-7H,1H3,(H,17,18). The quantitative estimate of drug-likeness (QED) is 0.865. The Balaban J connectivity index is 2.22. The summed E-state index contributed by atoms with van der Waals surface area (Å²) in [5.74, 6) is 0.224. The molecule has 4 nitrogen and oxygen atoms in total. The molecule has 0 aliphatic rings. The number of halogens is 2. The van der Waals surface area contributed by atoms with Gasteiger partial charge in [0.2, 0.25) is 0 Å². The Bertz CT molecular complexity index is 602. The van der Waals surface area contributed by atoms with E-state index in [9.17, 15) is 4.79 Å². The first-order chi connectivity index (χ1) is 9.10. The molecule has 2 rings (SSSR count). The normalized spacial score (nSPS) is 10.1. The number of anilines is 1. The monoisotopic (exact) mass is 340 g/mol. The summed E-state index contributed by atoms with van der Waals surface area (Å²) >= 11 is 9.01. The third kappa shape index (κ3) is 3.45. The van der Waals surface area contributed by atoms with Crippen molar-refractivity contribution in [2.24, 2.45) is 0 Å². The van der Waals surface area contributed by atoms with Crippen LogP contribution in [0.5, 0.6) is 5.75 Å². The lowest BCUT2D eigenvalue weighted by atomic mass is 10.2. The average Bonchev–Trinajstić information content (AvgIpc) is 2.41. The van der Waals surface area contributed by atoms with Gasteiger partial charge in [0.15, 0.2) is 0 Å². The van der Waals surface area contributed by atoms with E-state index >= 15 is 0 Å². The van der Waals surface area contributed by atoms with Gasteiger partial charge in [0.05, 0.1) is 24.6 Å².